The van der Waals surface area contributed by atoms with Crippen molar-refractivity contribution >= 4 is 17.0 Å². The number of hydrogen-bond acceptors (Lipinski definition) is 4. The summed E-state index contributed by atoms with van der Waals surface area (Å²) in [4.78, 5) is 0. The van der Waals surface area contributed by atoms with Crippen molar-refractivity contribution in [1.82, 2.24) is 0 Å². The summed E-state index contributed by atoms with van der Waals surface area (Å²) in [7, 11) is 0. The van der Waals surface area contributed by atoms with Crippen LogP contribution in [0.1, 0.15) is 18.5 Å². The minimum atomic E-state index is -0.0540. The molecule has 2 aromatic rings. The maximum absolute atomic E-state index is 9.69. The molecule has 1 unspecified atom stereocenters. The van der Waals surface area contributed by atoms with Gasteiger partial charge in [0.05, 0.1) is 6.04 Å². The van der Waals surface area contributed by atoms with Gasteiger partial charge in [0.15, 0.2) is 0 Å². The van der Waals surface area contributed by atoms with Crippen LogP contribution in [0, 0.1) is 0 Å². The summed E-state index contributed by atoms with van der Waals surface area (Å²) < 4.78 is 0. The molecule has 0 saturated carbocycles. The van der Waals surface area contributed by atoms with Crippen LogP contribution in [0.3, 0.4) is 0 Å². The number of aromatic hydroxyl groups is 2. The molecular formula is C12H13NO2S. The highest BCUT2D eigenvalue weighted by Gasteiger charge is 2.11. The van der Waals surface area contributed by atoms with Crippen LogP contribution >= 0.6 is 11.3 Å². The Morgan fingerprint density at radius 1 is 1.25 bits per heavy atom. The van der Waals surface area contributed by atoms with E-state index in [0.717, 1.165) is 5.69 Å². The number of nitrogens with one attached hydrogen (secondary N) is 1. The van der Waals surface area contributed by atoms with Gasteiger partial charge >= 0.3 is 0 Å². The van der Waals surface area contributed by atoms with E-state index in [-0.39, 0.29) is 17.5 Å². The summed E-state index contributed by atoms with van der Waals surface area (Å²) in [6.45, 7) is 1.94. The summed E-state index contributed by atoms with van der Waals surface area (Å²) in [6, 6.07) is 6.45. The van der Waals surface area contributed by atoms with Crippen LogP contribution in [0.4, 0.5) is 5.69 Å². The van der Waals surface area contributed by atoms with Crippen LogP contribution in [0.25, 0.3) is 0 Å². The maximum Gasteiger partial charge on any atom is 0.121 e. The van der Waals surface area contributed by atoms with Gasteiger partial charge < -0.3 is 15.5 Å². The van der Waals surface area contributed by atoms with Crippen molar-refractivity contribution in [3.05, 3.63) is 40.6 Å². The van der Waals surface area contributed by atoms with Gasteiger partial charge in [0.2, 0.25) is 0 Å². The Kier molecular flexibility index (Phi) is 3.01. The molecule has 1 aromatic heterocycles. The standard InChI is InChI=1S/C12H13NO2S/c1-8(13-9-4-5-16-7-9)11-6-10(14)2-3-12(11)15/h2-8,13-15H,1H3. The summed E-state index contributed by atoms with van der Waals surface area (Å²) >= 11 is 1.61. The molecule has 16 heavy (non-hydrogen) atoms. The third-order valence-electron chi connectivity index (χ3n) is 2.38. The number of rotatable bonds is 3. The number of anilines is 1. The van der Waals surface area contributed by atoms with Gasteiger partial charge in [-0.25, -0.2) is 0 Å². The molecule has 0 radical (unpaired) electrons. The highest BCUT2D eigenvalue weighted by atomic mass is 32.1. The minimum absolute atomic E-state index is 0.0540. The molecule has 1 aromatic carbocycles. The molecule has 84 valence electrons. The molecule has 0 spiro atoms. The molecule has 2 rings (SSSR count). The quantitative estimate of drug-likeness (QED) is 0.715. The highest BCUT2D eigenvalue weighted by molar-refractivity contribution is 7.08. The van der Waals surface area contributed by atoms with Crippen LogP contribution in [0.15, 0.2) is 35.0 Å². The highest BCUT2D eigenvalue weighted by Crippen LogP contribution is 2.30. The first kappa shape index (κ1) is 10.8. The second-order valence-corrected chi connectivity index (χ2v) is 4.40. The van der Waals surface area contributed by atoms with Gasteiger partial charge in [-0.05, 0) is 36.6 Å². The molecular weight excluding hydrogens is 222 g/mol. The van der Waals surface area contributed by atoms with Crippen molar-refractivity contribution in [3.63, 3.8) is 0 Å². The average Bonchev–Trinajstić information content (AvgIpc) is 2.74. The Morgan fingerprint density at radius 3 is 2.75 bits per heavy atom. The van der Waals surface area contributed by atoms with Crippen molar-refractivity contribution in [2.75, 3.05) is 5.32 Å². The summed E-state index contributed by atoms with van der Waals surface area (Å²) in [5.41, 5.74) is 1.70. The lowest BCUT2D eigenvalue weighted by atomic mass is 10.1. The molecule has 0 fully saturated rings. The Balaban J connectivity index is 2.20. The van der Waals surface area contributed by atoms with E-state index in [9.17, 15) is 10.2 Å². The largest absolute Gasteiger partial charge is 0.508 e. The van der Waals surface area contributed by atoms with Crippen LogP contribution in [-0.2, 0) is 0 Å². The van der Waals surface area contributed by atoms with Crippen LogP contribution in [-0.4, -0.2) is 10.2 Å². The number of phenols is 2. The molecule has 1 heterocycles. The number of thiophene rings is 1. The zero-order valence-electron chi connectivity index (χ0n) is 8.84. The van der Waals surface area contributed by atoms with Gasteiger partial charge in [-0.3, -0.25) is 0 Å². The monoisotopic (exact) mass is 235 g/mol. The van der Waals surface area contributed by atoms with E-state index in [1.54, 1.807) is 17.4 Å². The van der Waals surface area contributed by atoms with E-state index in [4.69, 9.17) is 0 Å². The molecule has 3 nitrogen and oxygen atoms in total. The average molecular weight is 235 g/mol. The molecule has 0 saturated heterocycles. The minimum Gasteiger partial charge on any atom is -0.508 e. The molecule has 0 aliphatic carbocycles. The number of benzene rings is 1. The zero-order chi connectivity index (χ0) is 11.5. The normalized spacial score (nSPS) is 12.3. The lowest BCUT2D eigenvalue weighted by molar-refractivity contribution is 0.451. The van der Waals surface area contributed by atoms with Gasteiger partial charge in [-0.1, -0.05) is 0 Å². The summed E-state index contributed by atoms with van der Waals surface area (Å²) in [5.74, 6) is 0.347. The van der Waals surface area contributed by atoms with Gasteiger partial charge in [-0.2, -0.15) is 11.3 Å². The van der Waals surface area contributed by atoms with Gasteiger partial charge in [0, 0.05) is 16.6 Å². The molecule has 0 aliphatic rings. The van der Waals surface area contributed by atoms with E-state index in [2.05, 4.69) is 5.32 Å². The first-order chi connectivity index (χ1) is 7.66. The smallest absolute Gasteiger partial charge is 0.121 e. The fourth-order valence-electron chi connectivity index (χ4n) is 1.56. The van der Waals surface area contributed by atoms with Crippen molar-refractivity contribution < 1.29 is 10.2 Å². The molecule has 4 heteroatoms. The fraction of sp³-hybridized carbons (Fsp3) is 0.167. The number of phenolic OH excluding ortho intramolecular Hbond substituents is 2. The van der Waals surface area contributed by atoms with Gasteiger partial charge in [-0.15, -0.1) is 0 Å². The zero-order valence-corrected chi connectivity index (χ0v) is 9.66. The van der Waals surface area contributed by atoms with Gasteiger partial charge in [0.25, 0.3) is 0 Å². The first-order valence-corrected chi connectivity index (χ1v) is 5.91. The van der Waals surface area contributed by atoms with Crippen LogP contribution in [0.5, 0.6) is 11.5 Å². The molecule has 3 N–H and O–H groups in total. The van der Waals surface area contributed by atoms with Crippen molar-refractivity contribution in [2.24, 2.45) is 0 Å². The third kappa shape index (κ3) is 2.28. The van der Waals surface area contributed by atoms with Crippen molar-refractivity contribution in [1.29, 1.82) is 0 Å². The van der Waals surface area contributed by atoms with E-state index < -0.39 is 0 Å². The Hall–Kier alpha value is -1.68. The SMILES string of the molecule is CC(Nc1ccsc1)c1cc(O)ccc1O. The predicted molar refractivity (Wildman–Crippen MR) is 66.1 cm³/mol. The van der Waals surface area contributed by atoms with Crippen molar-refractivity contribution in [2.45, 2.75) is 13.0 Å². The summed E-state index contributed by atoms with van der Waals surface area (Å²) in [5, 5.41) is 26.3. The topological polar surface area (TPSA) is 52.5 Å². The second kappa shape index (κ2) is 4.45. The fourth-order valence-corrected chi connectivity index (χ4v) is 2.16. The predicted octanol–water partition coefficient (Wildman–Crippen LogP) is 3.33. The molecule has 0 amide bonds. The Bertz CT molecular complexity index is 468. The van der Waals surface area contributed by atoms with E-state index in [1.807, 2.05) is 23.8 Å². The molecule has 0 aliphatic heterocycles. The number of hydrogen-bond donors (Lipinski definition) is 3. The molecule has 0 bridgehead atoms. The Labute approximate surface area is 98.0 Å². The van der Waals surface area contributed by atoms with E-state index in [0.29, 0.717) is 5.56 Å². The van der Waals surface area contributed by atoms with Crippen molar-refractivity contribution in [3.8, 4) is 11.5 Å². The lowest BCUT2D eigenvalue weighted by Gasteiger charge is -2.15. The maximum atomic E-state index is 9.69. The first-order valence-electron chi connectivity index (χ1n) is 4.97. The lowest BCUT2D eigenvalue weighted by Crippen LogP contribution is -2.05. The van der Waals surface area contributed by atoms with Crippen LogP contribution < -0.4 is 5.32 Å². The van der Waals surface area contributed by atoms with Gasteiger partial charge in [0.1, 0.15) is 11.5 Å². The second-order valence-electron chi connectivity index (χ2n) is 3.62. The Morgan fingerprint density at radius 2 is 2.06 bits per heavy atom. The third-order valence-corrected chi connectivity index (χ3v) is 3.07. The van der Waals surface area contributed by atoms with E-state index >= 15 is 0 Å². The van der Waals surface area contributed by atoms with Crippen LogP contribution in [0.2, 0.25) is 0 Å². The molecule has 1 atom stereocenters. The van der Waals surface area contributed by atoms with E-state index in [1.165, 1.54) is 12.1 Å². The summed E-state index contributed by atoms with van der Waals surface area (Å²) in [6.07, 6.45) is 0.